The zero-order chi connectivity index (χ0) is 14.7. The molecule has 0 heterocycles. The third-order valence-corrected chi connectivity index (χ3v) is 4.33. The second-order valence-electron chi connectivity index (χ2n) is 4.90. The topological polar surface area (TPSA) is 26.3 Å². The summed E-state index contributed by atoms with van der Waals surface area (Å²) < 4.78 is 5.43. The molecule has 0 aromatic heterocycles. The molecule has 0 unspecified atom stereocenters. The SMILES string of the molecule is CSc1ccc(COC(=O)C2=CCc3ccccc32)cc1. The molecule has 0 amide bonds. The summed E-state index contributed by atoms with van der Waals surface area (Å²) in [6, 6.07) is 16.0. The summed E-state index contributed by atoms with van der Waals surface area (Å²) >= 11 is 1.70. The summed E-state index contributed by atoms with van der Waals surface area (Å²) in [4.78, 5) is 13.4. The first kappa shape index (κ1) is 14.0. The van der Waals surface area contributed by atoms with Crippen molar-refractivity contribution in [3.05, 3.63) is 71.3 Å². The Morgan fingerprint density at radius 2 is 1.90 bits per heavy atom. The van der Waals surface area contributed by atoms with Crippen molar-refractivity contribution < 1.29 is 9.53 Å². The number of benzene rings is 2. The van der Waals surface area contributed by atoms with E-state index in [0.717, 1.165) is 17.5 Å². The number of rotatable bonds is 4. The van der Waals surface area contributed by atoms with Crippen molar-refractivity contribution >= 4 is 23.3 Å². The van der Waals surface area contributed by atoms with Gasteiger partial charge in [-0.2, -0.15) is 0 Å². The first-order valence-electron chi connectivity index (χ1n) is 6.86. The van der Waals surface area contributed by atoms with Gasteiger partial charge in [-0.25, -0.2) is 4.79 Å². The van der Waals surface area contributed by atoms with Crippen LogP contribution in [-0.4, -0.2) is 12.2 Å². The molecule has 106 valence electrons. The molecule has 21 heavy (non-hydrogen) atoms. The molecule has 0 bridgehead atoms. The summed E-state index contributed by atoms with van der Waals surface area (Å²) in [6.45, 7) is 0.313. The monoisotopic (exact) mass is 296 g/mol. The van der Waals surface area contributed by atoms with Crippen LogP contribution >= 0.6 is 11.8 Å². The van der Waals surface area contributed by atoms with Gasteiger partial charge in [0.2, 0.25) is 0 Å². The predicted octanol–water partition coefficient (Wildman–Crippen LogP) is 4.09. The Morgan fingerprint density at radius 1 is 1.14 bits per heavy atom. The van der Waals surface area contributed by atoms with Gasteiger partial charge in [0.1, 0.15) is 6.61 Å². The molecule has 0 aliphatic heterocycles. The molecule has 0 saturated carbocycles. The highest BCUT2D eigenvalue weighted by Crippen LogP contribution is 2.28. The molecule has 2 nitrogen and oxygen atoms in total. The van der Waals surface area contributed by atoms with E-state index in [9.17, 15) is 4.79 Å². The summed E-state index contributed by atoms with van der Waals surface area (Å²) in [7, 11) is 0. The number of esters is 1. The highest BCUT2D eigenvalue weighted by atomic mass is 32.2. The standard InChI is InChI=1S/C18H16O2S/c1-21-15-9-6-13(7-10-15)12-20-18(19)17-11-8-14-4-2-3-5-16(14)17/h2-7,9-11H,8,12H2,1H3. The molecular weight excluding hydrogens is 280 g/mol. The van der Waals surface area contributed by atoms with E-state index in [2.05, 4.69) is 0 Å². The summed E-state index contributed by atoms with van der Waals surface area (Å²) in [5.41, 5.74) is 3.88. The Hall–Kier alpha value is -2.00. The van der Waals surface area contributed by atoms with Gasteiger partial charge in [-0.1, -0.05) is 42.5 Å². The van der Waals surface area contributed by atoms with E-state index in [0.29, 0.717) is 12.2 Å². The van der Waals surface area contributed by atoms with Crippen molar-refractivity contribution in [1.29, 1.82) is 0 Å². The smallest absolute Gasteiger partial charge is 0.338 e. The molecule has 1 aliphatic carbocycles. The number of carbonyl (C=O) groups excluding carboxylic acids is 1. The Labute approximate surface area is 128 Å². The minimum Gasteiger partial charge on any atom is -0.457 e. The van der Waals surface area contributed by atoms with E-state index < -0.39 is 0 Å². The number of allylic oxidation sites excluding steroid dienone is 1. The molecular formula is C18H16O2S. The van der Waals surface area contributed by atoms with Gasteiger partial charge in [0, 0.05) is 4.90 Å². The Morgan fingerprint density at radius 3 is 2.67 bits per heavy atom. The van der Waals surface area contributed by atoms with Crippen LogP contribution in [0, 0.1) is 0 Å². The van der Waals surface area contributed by atoms with E-state index in [1.165, 1.54) is 10.5 Å². The highest BCUT2D eigenvalue weighted by molar-refractivity contribution is 7.98. The fourth-order valence-electron chi connectivity index (χ4n) is 2.42. The van der Waals surface area contributed by atoms with E-state index in [-0.39, 0.29) is 5.97 Å². The second kappa shape index (κ2) is 6.19. The number of hydrogen-bond donors (Lipinski definition) is 0. The van der Waals surface area contributed by atoms with Gasteiger partial charge in [-0.3, -0.25) is 0 Å². The maximum Gasteiger partial charge on any atom is 0.338 e. The van der Waals surface area contributed by atoms with Gasteiger partial charge in [-0.15, -0.1) is 11.8 Å². The number of carbonyl (C=O) groups is 1. The lowest BCUT2D eigenvalue weighted by Crippen LogP contribution is -2.06. The van der Waals surface area contributed by atoms with Crippen LogP contribution in [-0.2, 0) is 22.6 Å². The van der Waals surface area contributed by atoms with Crippen LogP contribution in [0.4, 0.5) is 0 Å². The summed E-state index contributed by atoms with van der Waals surface area (Å²) in [6.07, 6.45) is 4.80. The Balaban J connectivity index is 1.65. The lowest BCUT2D eigenvalue weighted by atomic mass is 10.1. The lowest BCUT2D eigenvalue weighted by Gasteiger charge is -2.07. The van der Waals surface area contributed by atoms with Crippen molar-refractivity contribution in [1.82, 2.24) is 0 Å². The maximum atomic E-state index is 12.2. The molecule has 3 heteroatoms. The van der Waals surface area contributed by atoms with Crippen LogP contribution in [0.5, 0.6) is 0 Å². The molecule has 2 aromatic carbocycles. The van der Waals surface area contributed by atoms with Crippen LogP contribution in [0.25, 0.3) is 5.57 Å². The molecule has 0 saturated heterocycles. The highest BCUT2D eigenvalue weighted by Gasteiger charge is 2.20. The summed E-state index contributed by atoms with van der Waals surface area (Å²) in [5, 5.41) is 0. The molecule has 0 atom stereocenters. The molecule has 0 spiro atoms. The minimum atomic E-state index is -0.242. The van der Waals surface area contributed by atoms with Crippen LogP contribution in [0.2, 0.25) is 0 Å². The number of ether oxygens (including phenoxy) is 1. The van der Waals surface area contributed by atoms with Gasteiger partial charge < -0.3 is 4.74 Å². The molecule has 2 aromatic rings. The van der Waals surface area contributed by atoms with Crippen LogP contribution in [0.1, 0.15) is 16.7 Å². The average Bonchev–Trinajstić information content (AvgIpc) is 2.97. The van der Waals surface area contributed by atoms with Crippen molar-refractivity contribution in [2.24, 2.45) is 0 Å². The van der Waals surface area contributed by atoms with Crippen molar-refractivity contribution in [2.45, 2.75) is 17.9 Å². The Bertz CT molecular complexity index is 687. The quantitative estimate of drug-likeness (QED) is 0.628. The second-order valence-corrected chi connectivity index (χ2v) is 5.78. The van der Waals surface area contributed by atoms with Gasteiger partial charge in [-0.05, 0) is 41.5 Å². The third kappa shape index (κ3) is 3.03. The van der Waals surface area contributed by atoms with Gasteiger partial charge in [0.05, 0.1) is 5.57 Å². The molecule has 0 N–H and O–H groups in total. The number of thioether (sulfide) groups is 1. The zero-order valence-electron chi connectivity index (χ0n) is 11.8. The number of hydrogen-bond acceptors (Lipinski definition) is 3. The first-order chi connectivity index (χ1) is 10.3. The third-order valence-electron chi connectivity index (χ3n) is 3.58. The predicted molar refractivity (Wildman–Crippen MR) is 86.1 cm³/mol. The van der Waals surface area contributed by atoms with Gasteiger partial charge >= 0.3 is 5.97 Å². The first-order valence-corrected chi connectivity index (χ1v) is 8.09. The van der Waals surface area contributed by atoms with E-state index in [4.69, 9.17) is 4.74 Å². The molecule has 3 rings (SSSR count). The maximum absolute atomic E-state index is 12.2. The van der Waals surface area contributed by atoms with E-state index >= 15 is 0 Å². The largest absolute Gasteiger partial charge is 0.457 e. The van der Waals surface area contributed by atoms with Crippen molar-refractivity contribution in [3.8, 4) is 0 Å². The normalized spacial score (nSPS) is 12.7. The number of fused-ring (bicyclic) bond motifs is 1. The molecule has 1 aliphatic rings. The zero-order valence-corrected chi connectivity index (χ0v) is 12.7. The fourth-order valence-corrected chi connectivity index (χ4v) is 2.83. The van der Waals surface area contributed by atoms with Crippen LogP contribution in [0.15, 0.2) is 59.5 Å². The van der Waals surface area contributed by atoms with Crippen LogP contribution in [0.3, 0.4) is 0 Å². The molecule has 0 radical (unpaired) electrons. The lowest BCUT2D eigenvalue weighted by molar-refractivity contribution is -0.137. The van der Waals surface area contributed by atoms with E-state index in [1.54, 1.807) is 11.8 Å². The molecule has 0 fully saturated rings. The van der Waals surface area contributed by atoms with Crippen molar-refractivity contribution in [2.75, 3.05) is 6.26 Å². The van der Waals surface area contributed by atoms with Gasteiger partial charge in [0.15, 0.2) is 0 Å². The van der Waals surface area contributed by atoms with Crippen LogP contribution < -0.4 is 0 Å². The van der Waals surface area contributed by atoms with E-state index in [1.807, 2.05) is 60.9 Å². The fraction of sp³-hybridized carbons (Fsp3) is 0.167. The van der Waals surface area contributed by atoms with Crippen molar-refractivity contribution in [3.63, 3.8) is 0 Å². The van der Waals surface area contributed by atoms with Gasteiger partial charge in [0.25, 0.3) is 0 Å². The minimum absolute atomic E-state index is 0.242. The average molecular weight is 296 g/mol. The Kier molecular flexibility index (Phi) is 4.11. The summed E-state index contributed by atoms with van der Waals surface area (Å²) in [5.74, 6) is -0.242.